The third kappa shape index (κ3) is 3.59. The van der Waals surface area contributed by atoms with Crippen molar-refractivity contribution in [3.05, 3.63) is 65.2 Å². The SMILES string of the molecule is CC(NC(=O)c1ccccc1)C(=O)Nc1ccc2c(c1)CCC2. The van der Waals surface area contributed by atoms with E-state index in [0.29, 0.717) is 5.56 Å². The van der Waals surface area contributed by atoms with Crippen LogP contribution in [0.4, 0.5) is 5.69 Å². The van der Waals surface area contributed by atoms with Crippen molar-refractivity contribution in [1.29, 1.82) is 0 Å². The summed E-state index contributed by atoms with van der Waals surface area (Å²) in [5.41, 5.74) is 4.01. The molecule has 4 heteroatoms. The van der Waals surface area contributed by atoms with E-state index in [1.165, 1.54) is 17.5 Å². The smallest absolute Gasteiger partial charge is 0.251 e. The predicted octanol–water partition coefficient (Wildman–Crippen LogP) is 2.93. The normalized spacial score (nSPS) is 14.0. The molecule has 1 atom stereocenters. The van der Waals surface area contributed by atoms with Gasteiger partial charge in [-0.05, 0) is 61.6 Å². The molecule has 0 saturated carbocycles. The van der Waals surface area contributed by atoms with Gasteiger partial charge in [0.2, 0.25) is 5.91 Å². The van der Waals surface area contributed by atoms with E-state index in [4.69, 9.17) is 0 Å². The van der Waals surface area contributed by atoms with Crippen molar-refractivity contribution in [2.75, 3.05) is 5.32 Å². The quantitative estimate of drug-likeness (QED) is 0.912. The molecule has 2 aromatic carbocycles. The maximum atomic E-state index is 12.3. The molecule has 0 fully saturated rings. The van der Waals surface area contributed by atoms with E-state index in [1.807, 2.05) is 18.2 Å². The number of nitrogens with one attached hydrogen (secondary N) is 2. The van der Waals surface area contributed by atoms with Crippen molar-refractivity contribution in [1.82, 2.24) is 5.32 Å². The molecule has 3 rings (SSSR count). The number of carbonyl (C=O) groups is 2. The third-order valence-corrected chi connectivity index (χ3v) is 4.14. The summed E-state index contributed by atoms with van der Waals surface area (Å²) in [6.45, 7) is 1.68. The first-order valence-electron chi connectivity index (χ1n) is 7.92. The standard InChI is InChI=1S/C19H20N2O2/c1-13(20-19(23)15-6-3-2-4-7-15)18(22)21-17-11-10-14-8-5-9-16(14)12-17/h2-4,6-7,10-13H,5,8-9H2,1H3,(H,20,23)(H,21,22). The molecule has 0 saturated heterocycles. The summed E-state index contributed by atoms with van der Waals surface area (Å²) >= 11 is 0. The first-order chi connectivity index (χ1) is 11.1. The first kappa shape index (κ1) is 15.3. The van der Waals surface area contributed by atoms with Gasteiger partial charge in [-0.15, -0.1) is 0 Å². The lowest BCUT2D eigenvalue weighted by Gasteiger charge is -2.15. The Morgan fingerprint density at radius 2 is 1.74 bits per heavy atom. The Hall–Kier alpha value is -2.62. The molecule has 0 bridgehead atoms. The summed E-state index contributed by atoms with van der Waals surface area (Å²) in [5, 5.41) is 5.59. The lowest BCUT2D eigenvalue weighted by molar-refractivity contribution is -0.117. The Morgan fingerprint density at radius 3 is 2.52 bits per heavy atom. The molecule has 0 aromatic heterocycles. The lowest BCUT2D eigenvalue weighted by atomic mass is 10.1. The number of carbonyl (C=O) groups excluding carboxylic acids is 2. The molecule has 0 aliphatic heterocycles. The van der Waals surface area contributed by atoms with Crippen molar-refractivity contribution < 1.29 is 9.59 Å². The monoisotopic (exact) mass is 308 g/mol. The van der Waals surface area contributed by atoms with Crippen molar-refractivity contribution in [2.45, 2.75) is 32.2 Å². The van der Waals surface area contributed by atoms with Crippen molar-refractivity contribution >= 4 is 17.5 Å². The van der Waals surface area contributed by atoms with Gasteiger partial charge in [0.05, 0.1) is 0 Å². The van der Waals surface area contributed by atoms with Gasteiger partial charge in [0.15, 0.2) is 0 Å². The zero-order valence-corrected chi connectivity index (χ0v) is 13.1. The van der Waals surface area contributed by atoms with Crippen LogP contribution in [0.5, 0.6) is 0 Å². The van der Waals surface area contributed by atoms with Gasteiger partial charge >= 0.3 is 0 Å². The third-order valence-electron chi connectivity index (χ3n) is 4.14. The predicted molar refractivity (Wildman–Crippen MR) is 90.5 cm³/mol. The van der Waals surface area contributed by atoms with Gasteiger partial charge in [-0.1, -0.05) is 24.3 Å². The molecule has 1 aliphatic carbocycles. The second-order valence-corrected chi connectivity index (χ2v) is 5.89. The molecule has 4 nitrogen and oxygen atoms in total. The van der Waals surface area contributed by atoms with Crippen LogP contribution in [0.2, 0.25) is 0 Å². The molecular formula is C19H20N2O2. The highest BCUT2D eigenvalue weighted by molar-refractivity contribution is 6.00. The van der Waals surface area contributed by atoms with Crippen LogP contribution in [0.15, 0.2) is 48.5 Å². The fourth-order valence-electron chi connectivity index (χ4n) is 2.84. The molecule has 1 unspecified atom stereocenters. The summed E-state index contributed by atoms with van der Waals surface area (Å²) in [6.07, 6.45) is 3.36. The van der Waals surface area contributed by atoms with Gasteiger partial charge in [0.1, 0.15) is 6.04 Å². The second-order valence-electron chi connectivity index (χ2n) is 5.89. The molecule has 2 amide bonds. The number of rotatable bonds is 4. The second kappa shape index (κ2) is 6.65. The average molecular weight is 308 g/mol. The first-order valence-corrected chi connectivity index (χ1v) is 7.92. The van der Waals surface area contributed by atoms with Crippen LogP contribution >= 0.6 is 0 Å². The number of amides is 2. The minimum absolute atomic E-state index is 0.216. The van der Waals surface area contributed by atoms with E-state index in [2.05, 4.69) is 16.7 Å². The van der Waals surface area contributed by atoms with Gasteiger partial charge in [0.25, 0.3) is 5.91 Å². The molecule has 118 valence electrons. The molecule has 1 aliphatic rings. The van der Waals surface area contributed by atoms with Gasteiger partial charge in [-0.3, -0.25) is 9.59 Å². The fourth-order valence-corrected chi connectivity index (χ4v) is 2.84. The van der Waals surface area contributed by atoms with Gasteiger partial charge in [-0.2, -0.15) is 0 Å². The van der Waals surface area contributed by atoms with Gasteiger partial charge < -0.3 is 10.6 Å². The van der Waals surface area contributed by atoms with Gasteiger partial charge in [-0.25, -0.2) is 0 Å². The molecule has 2 N–H and O–H groups in total. The summed E-state index contributed by atoms with van der Waals surface area (Å²) in [4.78, 5) is 24.3. The van der Waals surface area contributed by atoms with E-state index in [0.717, 1.165) is 18.5 Å². The highest BCUT2D eigenvalue weighted by atomic mass is 16.2. The Kier molecular flexibility index (Phi) is 4.42. The molecule has 0 radical (unpaired) electrons. The number of fused-ring (bicyclic) bond motifs is 1. The van der Waals surface area contributed by atoms with Crippen LogP contribution < -0.4 is 10.6 Å². The number of hydrogen-bond donors (Lipinski definition) is 2. The maximum Gasteiger partial charge on any atom is 0.251 e. The Morgan fingerprint density at radius 1 is 1.00 bits per heavy atom. The lowest BCUT2D eigenvalue weighted by Crippen LogP contribution is -2.41. The zero-order valence-electron chi connectivity index (χ0n) is 13.1. The average Bonchev–Trinajstić information content (AvgIpc) is 3.03. The largest absolute Gasteiger partial charge is 0.341 e. The van der Waals surface area contributed by atoms with Crippen LogP contribution in [-0.4, -0.2) is 17.9 Å². The Bertz CT molecular complexity index is 725. The number of benzene rings is 2. The highest BCUT2D eigenvalue weighted by Gasteiger charge is 2.17. The van der Waals surface area contributed by atoms with Crippen LogP contribution in [-0.2, 0) is 17.6 Å². The van der Waals surface area contributed by atoms with Gasteiger partial charge in [0, 0.05) is 11.3 Å². The number of anilines is 1. The molecular weight excluding hydrogens is 288 g/mol. The number of aryl methyl sites for hydroxylation is 2. The molecule has 2 aromatic rings. The van der Waals surface area contributed by atoms with Crippen LogP contribution in [0.1, 0.15) is 34.8 Å². The fraction of sp³-hybridized carbons (Fsp3) is 0.263. The minimum atomic E-state index is -0.601. The summed E-state index contributed by atoms with van der Waals surface area (Å²) in [5.74, 6) is -0.463. The van der Waals surface area contributed by atoms with Crippen molar-refractivity contribution in [3.8, 4) is 0 Å². The van der Waals surface area contributed by atoms with E-state index in [9.17, 15) is 9.59 Å². The van der Waals surface area contributed by atoms with Crippen LogP contribution in [0, 0.1) is 0 Å². The molecule has 23 heavy (non-hydrogen) atoms. The summed E-state index contributed by atoms with van der Waals surface area (Å²) < 4.78 is 0. The van der Waals surface area contributed by atoms with E-state index >= 15 is 0 Å². The van der Waals surface area contributed by atoms with E-state index < -0.39 is 6.04 Å². The van der Waals surface area contributed by atoms with Crippen molar-refractivity contribution in [3.63, 3.8) is 0 Å². The summed E-state index contributed by atoms with van der Waals surface area (Å²) in [7, 11) is 0. The van der Waals surface area contributed by atoms with E-state index in [1.54, 1.807) is 31.2 Å². The molecule has 0 spiro atoms. The summed E-state index contributed by atoms with van der Waals surface area (Å²) in [6, 6.07) is 14.3. The Labute approximate surface area is 135 Å². The zero-order chi connectivity index (χ0) is 16.2. The topological polar surface area (TPSA) is 58.2 Å². The van der Waals surface area contributed by atoms with Crippen molar-refractivity contribution in [2.24, 2.45) is 0 Å². The highest BCUT2D eigenvalue weighted by Crippen LogP contribution is 2.24. The Balaban J connectivity index is 1.60. The minimum Gasteiger partial charge on any atom is -0.341 e. The van der Waals surface area contributed by atoms with Crippen LogP contribution in [0.3, 0.4) is 0 Å². The molecule has 0 heterocycles. The maximum absolute atomic E-state index is 12.3. The van der Waals surface area contributed by atoms with Crippen LogP contribution in [0.25, 0.3) is 0 Å². The van der Waals surface area contributed by atoms with E-state index in [-0.39, 0.29) is 11.8 Å². The number of hydrogen-bond acceptors (Lipinski definition) is 2.